The fourth-order valence-electron chi connectivity index (χ4n) is 3.44. The molecule has 2 aromatic carbocycles. The predicted octanol–water partition coefficient (Wildman–Crippen LogP) is 3.42. The molecule has 0 saturated heterocycles. The molecule has 1 N–H and O–H groups in total. The Morgan fingerprint density at radius 1 is 1.09 bits per heavy atom. The minimum atomic E-state index is -3.78. The first-order valence-electron chi connectivity index (χ1n) is 10.1. The Morgan fingerprint density at radius 2 is 1.72 bits per heavy atom. The molecule has 32 heavy (non-hydrogen) atoms. The maximum absolute atomic E-state index is 13.0. The summed E-state index contributed by atoms with van der Waals surface area (Å²) in [5.74, 6) is -0.669. The molecule has 0 saturated carbocycles. The topological polar surface area (TPSA) is 93.4 Å². The van der Waals surface area contributed by atoms with E-state index in [0.717, 1.165) is 0 Å². The molecule has 8 nitrogen and oxygen atoms in total. The van der Waals surface area contributed by atoms with Crippen molar-refractivity contribution in [1.82, 2.24) is 13.7 Å². The van der Waals surface area contributed by atoms with Crippen LogP contribution in [0.25, 0.3) is 5.69 Å². The first kappa shape index (κ1) is 23.8. The van der Waals surface area contributed by atoms with Gasteiger partial charge in [-0.2, -0.15) is 4.31 Å². The SMILES string of the molecule is CCN(CC)S(=O)(=O)c1ccc(Cl)c(C(=O)Nc2c(C)n(C)n(-c3ccccc3)c2=O)c1. The van der Waals surface area contributed by atoms with Gasteiger partial charge in [-0.25, -0.2) is 13.1 Å². The summed E-state index contributed by atoms with van der Waals surface area (Å²) in [5.41, 5.74) is 0.833. The Kier molecular flexibility index (Phi) is 6.92. The minimum absolute atomic E-state index is 0.0335. The molecule has 0 aliphatic heterocycles. The van der Waals surface area contributed by atoms with E-state index >= 15 is 0 Å². The molecule has 10 heteroatoms. The standard InChI is InChI=1S/C22H25ClN4O4S/c1-5-26(6-2)32(30,31)17-12-13-19(23)18(14-17)21(28)24-20-15(3)25(4)27(22(20)29)16-10-8-7-9-11-16/h7-14H,5-6H2,1-4H3,(H,24,28). The van der Waals surface area contributed by atoms with Crippen molar-refractivity contribution in [2.75, 3.05) is 18.4 Å². The molecular weight excluding hydrogens is 452 g/mol. The van der Waals surface area contributed by atoms with E-state index < -0.39 is 21.5 Å². The summed E-state index contributed by atoms with van der Waals surface area (Å²) in [6.07, 6.45) is 0. The van der Waals surface area contributed by atoms with Crippen LogP contribution in [0.4, 0.5) is 5.69 Å². The maximum Gasteiger partial charge on any atom is 0.295 e. The zero-order valence-electron chi connectivity index (χ0n) is 18.3. The largest absolute Gasteiger partial charge is 0.316 e. The molecule has 0 fully saturated rings. The van der Waals surface area contributed by atoms with Crippen molar-refractivity contribution in [1.29, 1.82) is 0 Å². The van der Waals surface area contributed by atoms with Crippen LogP contribution in [0.3, 0.4) is 0 Å². The monoisotopic (exact) mass is 476 g/mol. The number of anilines is 1. The number of carbonyl (C=O) groups is 1. The van der Waals surface area contributed by atoms with Gasteiger partial charge in [0.05, 0.1) is 26.9 Å². The van der Waals surface area contributed by atoms with Crippen molar-refractivity contribution < 1.29 is 13.2 Å². The van der Waals surface area contributed by atoms with Gasteiger partial charge in [0.1, 0.15) is 5.69 Å². The Bertz CT molecular complexity index is 1310. The van der Waals surface area contributed by atoms with Crippen LogP contribution in [0.5, 0.6) is 0 Å². The molecule has 0 atom stereocenters. The van der Waals surface area contributed by atoms with Crippen LogP contribution in [-0.2, 0) is 17.1 Å². The van der Waals surface area contributed by atoms with Crippen LogP contribution in [0.2, 0.25) is 5.02 Å². The first-order chi connectivity index (χ1) is 15.1. The van der Waals surface area contributed by atoms with E-state index in [4.69, 9.17) is 11.6 Å². The number of carbonyl (C=O) groups excluding carboxylic acids is 1. The van der Waals surface area contributed by atoms with Crippen molar-refractivity contribution in [2.24, 2.45) is 7.05 Å². The number of nitrogens with one attached hydrogen (secondary N) is 1. The molecule has 0 spiro atoms. The zero-order chi connectivity index (χ0) is 23.6. The molecule has 1 aromatic heterocycles. The third kappa shape index (κ3) is 4.23. The van der Waals surface area contributed by atoms with Crippen LogP contribution in [0.1, 0.15) is 29.9 Å². The molecular formula is C22H25ClN4O4S. The number of para-hydroxylation sites is 1. The van der Waals surface area contributed by atoms with E-state index in [1.807, 2.05) is 18.2 Å². The number of nitrogens with zero attached hydrogens (tertiary/aromatic N) is 3. The summed E-state index contributed by atoms with van der Waals surface area (Å²) in [7, 11) is -2.07. The summed E-state index contributed by atoms with van der Waals surface area (Å²) in [6, 6.07) is 13.0. The summed E-state index contributed by atoms with van der Waals surface area (Å²) in [4.78, 5) is 26.0. The highest BCUT2D eigenvalue weighted by Crippen LogP contribution is 2.24. The van der Waals surface area contributed by atoms with Crippen LogP contribution >= 0.6 is 11.6 Å². The number of benzene rings is 2. The summed E-state index contributed by atoms with van der Waals surface area (Å²) in [6.45, 7) is 5.77. The van der Waals surface area contributed by atoms with E-state index in [9.17, 15) is 18.0 Å². The average Bonchev–Trinajstić information content (AvgIpc) is 2.98. The van der Waals surface area contributed by atoms with E-state index in [0.29, 0.717) is 24.5 Å². The number of hydrogen-bond donors (Lipinski definition) is 1. The van der Waals surface area contributed by atoms with E-state index in [1.54, 1.807) is 44.6 Å². The van der Waals surface area contributed by atoms with Crippen molar-refractivity contribution in [2.45, 2.75) is 25.7 Å². The third-order valence-electron chi connectivity index (χ3n) is 5.32. The minimum Gasteiger partial charge on any atom is -0.316 e. The molecule has 0 unspecified atom stereocenters. The summed E-state index contributed by atoms with van der Waals surface area (Å²) < 4.78 is 30.1. The smallest absolute Gasteiger partial charge is 0.295 e. The highest BCUT2D eigenvalue weighted by Gasteiger charge is 2.25. The zero-order valence-corrected chi connectivity index (χ0v) is 19.9. The van der Waals surface area contributed by atoms with Crippen LogP contribution in [-0.4, -0.2) is 41.1 Å². The van der Waals surface area contributed by atoms with Gasteiger partial charge < -0.3 is 5.32 Å². The van der Waals surface area contributed by atoms with Crippen molar-refractivity contribution in [3.63, 3.8) is 0 Å². The van der Waals surface area contributed by atoms with Gasteiger partial charge in [-0.3, -0.25) is 14.3 Å². The molecule has 3 rings (SSSR count). The summed E-state index contributed by atoms with van der Waals surface area (Å²) >= 11 is 6.21. The lowest BCUT2D eigenvalue weighted by Gasteiger charge is -2.19. The molecule has 1 amide bonds. The fraction of sp³-hybridized carbons (Fsp3) is 0.273. The Labute approximate surface area is 192 Å². The quantitative estimate of drug-likeness (QED) is 0.565. The van der Waals surface area contributed by atoms with Gasteiger partial charge in [-0.1, -0.05) is 43.6 Å². The second-order valence-corrected chi connectivity index (χ2v) is 9.47. The number of amides is 1. The number of rotatable bonds is 7. The molecule has 170 valence electrons. The van der Waals surface area contributed by atoms with Gasteiger partial charge in [0, 0.05) is 20.1 Å². The lowest BCUT2D eigenvalue weighted by atomic mass is 10.2. The number of halogens is 1. The predicted molar refractivity (Wildman–Crippen MR) is 125 cm³/mol. The van der Waals surface area contributed by atoms with E-state index in [-0.39, 0.29) is 21.2 Å². The van der Waals surface area contributed by atoms with E-state index in [1.165, 1.54) is 27.2 Å². The average molecular weight is 477 g/mol. The van der Waals surface area contributed by atoms with Crippen LogP contribution in [0.15, 0.2) is 58.2 Å². The van der Waals surface area contributed by atoms with E-state index in [2.05, 4.69) is 5.32 Å². The number of hydrogen-bond acceptors (Lipinski definition) is 4. The molecule has 0 aliphatic rings. The number of aromatic nitrogens is 2. The van der Waals surface area contributed by atoms with Crippen molar-refractivity contribution in [3.05, 3.63) is 75.2 Å². The van der Waals surface area contributed by atoms with Gasteiger partial charge in [0.15, 0.2) is 0 Å². The second-order valence-electron chi connectivity index (χ2n) is 7.12. The molecule has 0 bridgehead atoms. The van der Waals surface area contributed by atoms with Crippen molar-refractivity contribution in [3.8, 4) is 5.69 Å². The Balaban J connectivity index is 2.01. The molecule has 3 aromatic rings. The van der Waals surface area contributed by atoms with Gasteiger partial charge in [-0.15, -0.1) is 0 Å². The van der Waals surface area contributed by atoms with Crippen molar-refractivity contribution >= 4 is 33.2 Å². The maximum atomic E-state index is 13.0. The second kappa shape index (κ2) is 9.32. The van der Waals surface area contributed by atoms with Crippen LogP contribution in [0, 0.1) is 6.92 Å². The van der Waals surface area contributed by atoms with Gasteiger partial charge >= 0.3 is 0 Å². The van der Waals surface area contributed by atoms with Crippen LogP contribution < -0.4 is 10.9 Å². The fourth-order valence-corrected chi connectivity index (χ4v) is 5.13. The first-order valence-corrected chi connectivity index (χ1v) is 11.9. The lowest BCUT2D eigenvalue weighted by Crippen LogP contribution is -2.30. The lowest BCUT2D eigenvalue weighted by molar-refractivity contribution is 0.102. The van der Waals surface area contributed by atoms with Gasteiger partial charge in [0.25, 0.3) is 11.5 Å². The Morgan fingerprint density at radius 3 is 2.31 bits per heavy atom. The summed E-state index contributed by atoms with van der Waals surface area (Å²) in [5, 5.41) is 2.70. The third-order valence-corrected chi connectivity index (χ3v) is 7.69. The normalized spacial score (nSPS) is 11.7. The van der Waals surface area contributed by atoms with Gasteiger partial charge in [0.2, 0.25) is 10.0 Å². The number of sulfonamides is 1. The molecule has 0 aliphatic carbocycles. The van der Waals surface area contributed by atoms with Gasteiger partial charge in [-0.05, 0) is 37.3 Å². The molecule has 0 radical (unpaired) electrons. The molecule has 1 heterocycles. The highest BCUT2D eigenvalue weighted by molar-refractivity contribution is 7.89. The Hall–Kier alpha value is -2.88. The highest BCUT2D eigenvalue weighted by atomic mass is 35.5.